The summed E-state index contributed by atoms with van der Waals surface area (Å²) >= 11 is 0. The third-order valence-corrected chi connectivity index (χ3v) is 7.38. The first-order valence-electron chi connectivity index (χ1n) is 12.3. The van der Waals surface area contributed by atoms with Crippen LogP contribution in [0.25, 0.3) is 0 Å². The fraction of sp³-hybridized carbons (Fsp3) is 0.423. The largest absolute Gasteiger partial charge is 0.376 e. The fourth-order valence-corrected chi connectivity index (χ4v) is 5.05. The van der Waals surface area contributed by atoms with Gasteiger partial charge in [-0.2, -0.15) is 0 Å². The Morgan fingerprint density at radius 3 is 2.61 bits per heavy atom. The molecule has 3 aromatic rings. The molecule has 1 saturated carbocycles. The van der Waals surface area contributed by atoms with Crippen molar-refractivity contribution in [1.29, 1.82) is 0 Å². The Balaban J connectivity index is 1.51. The summed E-state index contributed by atoms with van der Waals surface area (Å²) in [6.45, 7) is 2.19. The molecule has 7 nitrogen and oxygen atoms in total. The van der Waals surface area contributed by atoms with Crippen LogP contribution in [0.2, 0.25) is 0 Å². The quantitative estimate of drug-likeness (QED) is 0.383. The van der Waals surface area contributed by atoms with Gasteiger partial charge in [0, 0.05) is 24.4 Å². The van der Waals surface area contributed by atoms with Crippen LogP contribution in [0, 0.1) is 5.82 Å². The molecule has 0 bridgehead atoms. The molecule has 2 aliphatic rings. The summed E-state index contributed by atoms with van der Waals surface area (Å²) in [6, 6.07) is 3.30. The van der Waals surface area contributed by atoms with Crippen molar-refractivity contribution in [3.05, 3.63) is 81.5 Å². The van der Waals surface area contributed by atoms with E-state index in [1.807, 2.05) is 4.57 Å². The highest BCUT2D eigenvalue weighted by molar-refractivity contribution is 5.99. The molecule has 0 radical (unpaired) electrons. The van der Waals surface area contributed by atoms with Gasteiger partial charge >= 0.3 is 0 Å². The molecule has 0 spiro atoms. The van der Waals surface area contributed by atoms with Gasteiger partial charge in [0.25, 0.3) is 24.3 Å². The molecular formula is C26H26F5N5O2. The van der Waals surface area contributed by atoms with Crippen molar-refractivity contribution in [2.45, 2.75) is 69.6 Å². The van der Waals surface area contributed by atoms with E-state index in [4.69, 9.17) is 0 Å². The van der Waals surface area contributed by atoms with Gasteiger partial charge in [-0.05, 0) is 32.6 Å². The smallest absolute Gasteiger partial charge is 0.266 e. The summed E-state index contributed by atoms with van der Waals surface area (Å²) in [5.74, 6) is -1.91. The third-order valence-electron chi connectivity index (χ3n) is 7.38. The number of nitrogens with one attached hydrogen (secondary N) is 2. The Labute approximate surface area is 214 Å². The van der Waals surface area contributed by atoms with Crippen molar-refractivity contribution in [3.63, 3.8) is 0 Å². The highest BCUT2D eigenvalue weighted by Crippen LogP contribution is 2.48. The molecule has 38 heavy (non-hydrogen) atoms. The topological polar surface area (TPSA) is 81.0 Å². The van der Waals surface area contributed by atoms with E-state index in [1.54, 1.807) is 12.5 Å². The van der Waals surface area contributed by atoms with E-state index in [9.17, 15) is 31.5 Å². The number of aryl methyl sites for hydroxylation is 1. The minimum atomic E-state index is -3.04. The number of benzene rings is 1. The lowest BCUT2D eigenvalue weighted by Gasteiger charge is -2.28. The first kappa shape index (κ1) is 25.9. The highest BCUT2D eigenvalue weighted by Gasteiger charge is 2.53. The van der Waals surface area contributed by atoms with Crippen LogP contribution >= 0.6 is 0 Å². The summed E-state index contributed by atoms with van der Waals surface area (Å²) < 4.78 is 71.7. The lowest BCUT2D eigenvalue weighted by Crippen LogP contribution is -2.37. The zero-order valence-electron chi connectivity index (χ0n) is 20.4. The molecule has 12 heteroatoms. The van der Waals surface area contributed by atoms with E-state index >= 15 is 0 Å². The molecule has 1 aliphatic heterocycles. The number of hydrogen-bond donors (Lipinski definition) is 2. The van der Waals surface area contributed by atoms with Crippen LogP contribution < -0.4 is 16.2 Å². The Morgan fingerprint density at radius 1 is 1.18 bits per heavy atom. The molecule has 0 saturated heterocycles. The number of rotatable bonds is 8. The number of nitrogens with zero attached hydrogens (tertiary/aromatic N) is 3. The van der Waals surface area contributed by atoms with Gasteiger partial charge in [-0.1, -0.05) is 18.2 Å². The molecule has 1 fully saturated rings. The number of anilines is 1. The second-order valence-corrected chi connectivity index (χ2v) is 9.81. The van der Waals surface area contributed by atoms with E-state index < -0.39 is 47.3 Å². The lowest BCUT2D eigenvalue weighted by atomic mass is 10.0. The molecule has 2 N–H and O–H groups in total. The van der Waals surface area contributed by atoms with Crippen LogP contribution in [0.5, 0.6) is 0 Å². The fourth-order valence-electron chi connectivity index (χ4n) is 5.05. The molecule has 1 amide bonds. The summed E-state index contributed by atoms with van der Waals surface area (Å²) in [6.07, 6.45) is 0.275. The first-order chi connectivity index (χ1) is 18.1. The number of aromatic nitrogens is 3. The standard InChI is InChI=1S/C26H26F5N5O2/c1-14(15-4-2-5-16(22(15)27)23(28)29)33-24(38)17-12-36(26(7-8-26)25(30)31)21(37)10-19(17)34-18-6-3-9-35-13-32-11-20(18)35/h2,4-5,10-14,18,23,25,34H,3,6-9H2,1H3,(H,33,38)/t14-,18+/m1/s1. The van der Waals surface area contributed by atoms with Gasteiger partial charge in [0.2, 0.25) is 0 Å². The molecule has 5 rings (SSSR count). The van der Waals surface area contributed by atoms with Gasteiger partial charge in [-0.3, -0.25) is 9.59 Å². The van der Waals surface area contributed by atoms with E-state index in [1.165, 1.54) is 19.1 Å². The Bertz CT molecular complexity index is 1420. The maximum absolute atomic E-state index is 14.7. The van der Waals surface area contributed by atoms with Gasteiger partial charge in [0.05, 0.1) is 47.1 Å². The van der Waals surface area contributed by atoms with Crippen LogP contribution in [0.1, 0.15) is 78.3 Å². The van der Waals surface area contributed by atoms with Gasteiger partial charge < -0.3 is 19.8 Å². The molecule has 202 valence electrons. The lowest BCUT2D eigenvalue weighted by molar-refractivity contribution is 0.0648. The second kappa shape index (κ2) is 9.88. The maximum atomic E-state index is 14.7. The van der Waals surface area contributed by atoms with Crippen molar-refractivity contribution in [3.8, 4) is 0 Å². The average molecular weight is 536 g/mol. The number of pyridine rings is 1. The normalized spacial score (nSPS) is 18.8. The zero-order valence-corrected chi connectivity index (χ0v) is 20.4. The minimum Gasteiger partial charge on any atom is -0.376 e. The molecule has 2 atom stereocenters. The molecular weight excluding hydrogens is 509 g/mol. The molecule has 1 aromatic carbocycles. The molecule has 2 aromatic heterocycles. The number of amides is 1. The van der Waals surface area contributed by atoms with Crippen LogP contribution in [0.15, 0.2) is 47.8 Å². The Hall–Kier alpha value is -3.70. The predicted octanol–water partition coefficient (Wildman–Crippen LogP) is 5.31. The number of hydrogen-bond acceptors (Lipinski definition) is 4. The number of carbonyl (C=O) groups excluding carboxylic acids is 1. The number of halogens is 5. The monoisotopic (exact) mass is 535 g/mol. The summed E-state index contributed by atoms with van der Waals surface area (Å²) in [5, 5.41) is 5.77. The Morgan fingerprint density at radius 2 is 1.92 bits per heavy atom. The van der Waals surface area contributed by atoms with E-state index in [0.717, 1.165) is 41.6 Å². The third kappa shape index (κ3) is 4.56. The Kier molecular flexibility index (Phi) is 6.74. The second-order valence-electron chi connectivity index (χ2n) is 9.81. The van der Waals surface area contributed by atoms with Crippen molar-refractivity contribution in [2.75, 3.05) is 5.32 Å². The minimum absolute atomic E-state index is 0.0856. The SMILES string of the molecule is C[C@@H](NC(=O)c1cn(C2(C(F)F)CC2)c(=O)cc1N[C@H]1CCCn2cncc21)c1cccc(C(F)F)c1F. The maximum Gasteiger partial charge on any atom is 0.266 e. The van der Waals surface area contributed by atoms with E-state index in [0.29, 0.717) is 6.42 Å². The van der Waals surface area contributed by atoms with Gasteiger partial charge in [-0.25, -0.2) is 26.9 Å². The van der Waals surface area contributed by atoms with Gasteiger partial charge in [0.15, 0.2) is 0 Å². The highest BCUT2D eigenvalue weighted by atomic mass is 19.3. The number of imidazole rings is 1. The molecule has 0 unspecified atom stereocenters. The summed E-state index contributed by atoms with van der Waals surface area (Å²) in [7, 11) is 0. The molecule has 1 aliphatic carbocycles. The predicted molar refractivity (Wildman–Crippen MR) is 129 cm³/mol. The number of alkyl halides is 4. The summed E-state index contributed by atoms with van der Waals surface area (Å²) in [5.41, 5.74) is -2.43. The van der Waals surface area contributed by atoms with Gasteiger partial charge in [-0.15, -0.1) is 0 Å². The molecule has 3 heterocycles. The van der Waals surface area contributed by atoms with Crippen LogP contribution in [0.4, 0.5) is 27.6 Å². The number of fused-ring (bicyclic) bond motifs is 1. The van der Waals surface area contributed by atoms with Crippen molar-refractivity contribution in [2.24, 2.45) is 0 Å². The average Bonchev–Trinajstić information content (AvgIpc) is 3.53. The van der Waals surface area contributed by atoms with Crippen LogP contribution in [-0.2, 0) is 12.1 Å². The van der Waals surface area contributed by atoms with E-state index in [2.05, 4.69) is 15.6 Å². The van der Waals surface area contributed by atoms with Crippen molar-refractivity contribution >= 4 is 11.6 Å². The summed E-state index contributed by atoms with van der Waals surface area (Å²) in [4.78, 5) is 30.6. The van der Waals surface area contributed by atoms with Crippen LogP contribution in [0.3, 0.4) is 0 Å². The van der Waals surface area contributed by atoms with Crippen molar-refractivity contribution < 1.29 is 26.7 Å². The van der Waals surface area contributed by atoms with E-state index in [-0.39, 0.29) is 35.7 Å². The van der Waals surface area contributed by atoms with Crippen molar-refractivity contribution in [1.82, 2.24) is 19.4 Å². The van der Waals surface area contributed by atoms with Gasteiger partial charge in [0.1, 0.15) is 11.4 Å². The zero-order chi connectivity index (χ0) is 27.2. The number of carbonyl (C=O) groups is 1. The first-order valence-corrected chi connectivity index (χ1v) is 12.3. The van der Waals surface area contributed by atoms with Crippen LogP contribution in [-0.4, -0.2) is 26.5 Å².